The van der Waals surface area contributed by atoms with Crippen molar-refractivity contribution < 1.29 is 6.48 Å². The van der Waals surface area contributed by atoms with Crippen molar-refractivity contribution in [3.8, 4) is 5.75 Å². The standard InChI is InChI=1S/C14H22O/c1-13(2,3)10-8-7-9-11(15)12(10)14(4,5)6/h7-9,15H,1-6H3/i8D. The van der Waals surface area contributed by atoms with E-state index in [2.05, 4.69) is 41.5 Å². The van der Waals surface area contributed by atoms with Crippen molar-refractivity contribution in [3.05, 3.63) is 29.3 Å². The number of phenolic OH excluding ortho intramolecular Hbond substituents is 1. The summed E-state index contributed by atoms with van der Waals surface area (Å²) in [6.07, 6.45) is 0. The molecule has 1 nitrogen and oxygen atoms in total. The van der Waals surface area contributed by atoms with Crippen LogP contribution in [0.25, 0.3) is 0 Å². The van der Waals surface area contributed by atoms with E-state index in [1.165, 1.54) is 0 Å². The van der Waals surface area contributed by atoms with Crippen molar-refractivity contribution >= 4 is 0 Å². The van der Waals surface area contributed by atoms with Gasteiger partial charge < -0.3 is 5.11 Å². The fourth-order valence-electron chi connectivity index (χ4n) is 1.84. The van der Waals surface area contributed by atoms with Crippen LogP contribution in [-0.4, -0.2) is 5.11 Å². The van der Waals surface area contributed by atoms with Crippen LogP contribution >= 0.6 is 0 Å². The minimum absolute atomic E-state index is 0.127. The average molecular weight is 207 g/mol. The highest BCUT2D eigenvalue weighted by Gasteiger charge is 2.27. The Kier molecular flexibility index (Phi) is 2.49. The topological polar surface area (TPSA) is 20.2 Å². The fraction of sp³-hybridized carbons (Fsp3) is 0.571. The second kappa shape index (κ2) is 3.55. The van der Waals surface area contributed by atoms with Crippen LogP contribution in [-0.2, 0) is 10.8 Å². The predicted molar refractivity (Wildman–Crippen MR) is 65.5 cm³/mol. The lowest BCUT2D eigenvalue weighted by Gasteiger charge is -2.30. The van der Waals surface area contributed by atoms with Gasteiger partial charge in [-0.1, -0.05) is 53.7 Å². The van der Waals surface area contributed by atoms with Gasteiger partial charge in [0, 0.05) is 5.56 Å². The Morgan fingerprint density at radius 3 is 1.93 bits per heavy atom. The maximum Gasteiger partial charge on any atom is 0.119 e. The van der Waals surface area contributed by atoms with Crippen LogP contribution in [0.5, 0.6) is 5.75 Å². The van der Waals surface area contributed by atoms with Gasteiger partial charge in [0.25, 0.3) is 0 Å². The predicted octanol–water partition coefficient (Wildman–Crippen LogP) is 3.99. The smallest absolute Gasteiger partial charge is 0.119 e. The van der Waals surface area contributed by atoms with Gasteiger partial charge >= 0.3 is 0 Å². The molecule has 0 amide bonds. The lowest BCUT2D eigenvalue weighted by atomic mass is 9.75. The van der Waals surface area contributed by atoms with E-state index in [1.807, 2.05) is 0 Å². The molecule has 0 saturated carbocycles. The molecule has 0 aromatic heterocycles. The van der Waals surface area contributed by atoms with E-state index in [1.54, 1.807) is 12.1 Å². The second-order valence-electron chi connectivity index (χ2n) is 6.11. The van der Waals surface area contributed by atoms with E-state index < -0.39 is 0 Å². The normalized spacial score (nSPS) is 13.9. The average Bonchev–Trinajstić information content (AvgIpc) is 2.04. The minimum atomic E-state index is -0.149. The van der Waals surface area contributed by atoms with Crippen LogP contribution < -0.4 is 0 Å². The highest BCUT2D eigenvalue weighted by Crippen LogP contribution is 2.38. The summed E-state index contributed by atoms with van der Waals surface area (Å²) in [7, 11) is 0. The first-order chi connectivity index (χ1) is 7.05. The third-order valence-corrected chi connectivity index (χ3v) is 2.48. The van der Waals surface area contributed by atoms with E-state index >= 15 is 0 Å². The van der Waals surface area contributed by atoms with E-state index in [9.17, 15) is 5.11 Å². The monoisotopic (exact) mass is 207 g/mol. The van der Waals surface area contributed by atoms with Crippen molar-refractivity contribution in [3.63, 3.8) is 0 Å². The summed E-state index contributed by atoms with van der Waals surface area (Å²) in [5, 5.41) is 10.0. The van der Waals surface area contributed by atoms with Gasteiger partial charge in [0.15, 0.2) is 0 Å². The summed E-state index contributed by atoms with van der Waals surface area (Å²) in [4.78, 5) is 0. The Balaban J connectivity index is 3.64. The first-order valence-corrected chi connectivity index (χ1v) is 5.38. The minimum Gasteiger partial charge on any atom is -0.508 e. The van der Waals surface area contributed by atoms with Crippen molar-refractivity contribution in [2.45, 2.75) is 52.4 Å². The molecule has 0 saturated heterocycles. The zero-order valence-corrected chi connectivity index (χ0v) is 10.6. The number of phenols is 1. The lowest BCUT2D eigenvalue weighted by molar-refractivity contribution is 0.435. The molecular formula is C14H22O. The summed E-state index contributed by atoms with van der Waals surface area (Å²) in [5.41, 5.74) is 1.56. The van der Waals surface area contributed by atoms with Crippen molar-refractivity contribution in [2.75, 3.05) is 0 Å². The van der Waals surface area contributed by atoms with E-state index in [0.29, 0.717) is 11.8 Å². The van der Waals surface area contributed by atoms with Crippen molar-refractivity contribution in [1.82, 2.24) is 0 Å². The molecule has 0 aliphatic carbocycles. The lowest BCUT2D eigenvalue weighted by Crippen LogP contribution is -2.21. The van der Waals surface area contributed by atoms with Gasteiger partial charge in [-0.2, -0.15) is 0 Å². The van der Waals surface area contributed by atoms with Gasteiger partial charge in [0.05, 0.1) is 1.37 Å². The number of benzene rings is 1. The first kappa shape index (κ1) is 10.5. The van der Waals surface area contributed by atoms with Crippen molar-refractivity contribution in [1.29, 1.82) is 0 Å². The molecule has 0 aliphatic heterocycles. The summed E-state index contributed by atoms with van der Waals surface area (Å²) < 4.78 is 8.03. The van der Waals surface area contributed by atoms with Crippen LogP contribution in [0.4, 0.5) is 0 Å². The van der Waals surface area contributed by atoms with Crippen molar-refractivity contribution in [2.24, 2.45) is 0 Å². The molecule has 0 radical (unpaired) electrons. The molecule has 0 aliphatic rings. The molecule has 0 atom stereocenters. The van der Waals surface area contributed by atoms with Gasteiger partial charge in [-0.3, -0.25) is 0 Å². The third kappa shape index (κ3) is 2.53. The SMILES string of the molecule is [2H]c1ccc(O)c(C(C)(C)C)c1C(C)(C)C. The highest BCUT2D eigenvalue weighted by atomic mass is 16.3. The van der Waals surface area contributed by atoms with Gasteiger partial charge in [-0.15, -0.1) is 0 Å². The van der Waals surface area contributed by atoms with Crippen LogP contribution in [0.15, 0.2) is 18.2 Å². The molecule has 0 unspecified atom stereocenters. The molecule has 84 valence electrons. The van der Waals surface area contributed by atoms with Crippen LogP contribution in [0.2, 0.25) is 0 Å². The number of rotatable bonds is 0. The largest absolute Gasteiger partial charge is 0.508 e. The Bertz CT molecular complexity index is 355. The number of aromatic hydroxyl groups is 1. The molecule has 1 heteroatoms. The Morgan fingerprint density at radius 2 is 1.60 bits per heavy atom. The van der Waals surface area contributed by atoms with Gasteiger partial charge in [0.1, 0.15) is 5.75 Å². The summed E-state index contributed by atoms with van der Waals surface area (Å²) >= 11 is 0. The molecule has 0 spiro atoms. The van der Waals surface area contributed by atoms with E-state index in [-0.39, 0.29) is 10.8 Å². The summed E-state index contributed by atoms with van der Waals surface area (Å²) in [6.45, 7) is 12.4. The Morgan fingerprint density at radius 1 is 1.07 bits per heavy atom. The molecule has 1 rings (SSSR count). The third-order valence-electron chi connectivity index (χ3n) is 2.48. The zero-order chi connectivity index (χ0) is 12.7. The molecular weight excluding hydrogens is 184 g/mol. The second-order valence-corrected chi connectivity index (χ2v) is 6.11. The zero-order valence-electron chi connectivity index (χ0n) is 11.6. The fourth-order valence-corrected chi connectivity index (χ4v) is 1.84. The molecule has 1 N–H and O–H groups in total. The maximum absolute atomic E-state index is 10.0. The summed E-state index contributed by atoms with van der Waals surface area (Å²) in [6, 6.07) is 3.80. The highest BCUT2D eigenvalue weighted by molar-refractivity contribution is 5.46. The first-order valence-electron chi connectivity index (χ1n) is 5.88. The molecule has 0 bridgehead atoms. The number of hydrogen-bond donors (Lipinski definition) is 1. The van der Waals surface area contributed by atoms with Gasteiger partial charge in [-0.25, -0.2) is 0 Å². The molecule has 0 heterocycles. The van der Waals surface area contributed by atoms with Gasteiger partial charge in [0.2, 0.25) is 0 Å². The van der Waals surface area contributed by atoms with Gasteiger partial charge in [-0.05, 0) is 22.5 Å². The van der Waals surface area contributed by atoms with Crippen LogP contribution in [0.1, 0.15) is 54.0 Å². The molecule has 1 aromatic carbocycles. The maximum atomic E-state index is 10.0. The van der Waals surface area contributed by atoms with Crippen LogP contribution in [0.3, 0.4) is 0 Å². The quantitative estimate of drug-likeness (QED) is 0.682. The van der Waals surface area contributed by atoms with Crippen LogP contribution in [0, 0.1) is 0 Å². The summed E-state index contributed by atoms with van der Waals surface area (Å²) in [5.74, 6) is 0.299. The Hall–Kier alpha value is -0.980. The molecule has 15 heavy (non-hydrogen) atoms. The van der Waals surface area contributed by atoms with E-state index in [4.69, 9.17) is 1.37 Å². The Labute approximate surface area is 94.6 Å². The van der Waals surface area contributed by atoms with E-state index in [0.717, 1.165) is 11.1 Å². The molecule has 0 fully saturated rings. The number of hydrogen-bond acceptors (Lipinski definition) is 1. The molecule has 1 aromatic rings.